The van der Waals surface area contributed by atoms with Crippen LogP contribution in [0.4, 0.5) is 27.0 Å². The molecule has 408 valence electrons. The summed E-state index contributed by atoms with van der Waals surface area (Å²) in [7, 11) is 0. The summed E-state index contributed by atoms with van der Waals surface area (Å²) in [6.45, 7) is 21.2. The molecule has 0 unspecified atom stereocenters. The molecule has 9 rings (SSSR count). The monoisotopic (exact) mass is 1100 g/mol. The fourth-order valence-electron chi connectivity index (χ4n) is 9.16. The molecule has 20 heteroatoms. The topological polar surface area (TPSA) is 201 Å². The molecule has 0 saturated heterocycles. The van der Waals surface area contributed by atoms with E-state index in [0.29, 0.717) is 24.2 Å². The number of fused-ring (bicyclic) bond motifs is 3. The standard InChI is InChI=1S/C16H23N3S.C15H21N3S.C14H20N4S.C10H18O5.Al.Li.4H/c1-3-11-5-7-12(8-6-11)19-15-14-9-13(4-2)20-16(14)18-10-17-15;1-3-12-8-13-14(16-9-17-15(13)19-12)18-11-6-4-10(2)5-7-11;1-2-11-7-12-13(16-8-17-14(12)19-11)18-10-5-3-9(15)4-6-10;1-9(2,3)14-7(11)13-8(12)15-10(4,5)6;;;;;;/h9-12H,3-8H2,1-2H3,(H,17,18,19);8-11H,3-7H2,1-2H3,(H,16,17,18);7-10H,2-6,15H2,1H3,(H,16,17,18);1-6H3;;;;;;/q;;;;;+1;;;;-1. The van der Waals surface area contributed by atoms with Crippen molar-refractivity contribution in [1.82, 2.24) is 29.9 Å². The van der Waals surface area contributed by atoms with E-state index in [1.807, 2.05) is 0 Å². The van der Waals surface area contributed by atoms with Gasteiger partial charge in [0, 0.05) is 38.8 Å². The van der Waals surface area contributed by atoms with Crippen LogP contribution < -0.4 is 40.5 Å². The summed E-state index contributed by atoms with van der Waals surface area (Å²) in [5.41, 5.74) is 4.56. The normalized spacial score (nSPS) is 20.5. The first-order valence-electron chi connectivity index (χ1n) is 26.7. The van der Waals surface area contributed by atoms with Gasteiger partial charge in [-0.3, -0.25) is 0 Å². The number of hydrogen-bond acceptors (Lipinski definition) is 18. The van der Waals surface area contributed by atoms with Gasteiger partial charge in [-0.2, -0.15) is 0 Å². The summed E-state index contributed by atoms with van der Waals surface area (Å²) in [5.74, 6) is 4.87. The van der Waals surface area contributed by atoms with E-state index < -0.39 is 23.5 Å². The van der Waals surface area contributed by atoms with E-state index in [1.165, 1.54) is 88.6 Å². The summed E-state index contributed by atoms with van der Waals surface area (Å²) in [6.07, 6.45) is 22.4. The number of hydrogen-bond donors (Lipinski definition) is 4. The van der Waals surface area contributed by atoms with Gasteiger partial charge < -0.3 is 37.3 Å². The first-order chi connectivity index (χ1) is 34.8. The van der Waals surface area contributed by atoms with E-state index in [9.17, 15) is 9.59 Å². The van der Waals surface area contributed by atoms with Crippen molar-refractivity contribution in [3.63, 3.8) is 0 Å². The van der Waals surface area contributed by atoms with Crippen molar-refractivity contribution in [2.75, 3.05) is 16.0 Å². The fraction of sp³-hybridized carbons (Fsp3) is 0.636. The van der Waals surface area contributed by atoms with Gasteiger partial charge in [0.1, 0.15) is 62.1 Å². The van der Waals surface area contributed by atoms with Crippen LogP contribution in [0.1, 0.15) is 176 Å². The zero-order valence-corrected chi connectivity index (χ0v) is 48.7. The molecule has 0 aromatic carbocycles. The zero-order valence-electron chi connectivity index (χ0n) is 47.3. The van der Waals surface area contributed by atoms with E-state index in [1.54, 1.807) is 94.5 Å². The Labute approximate surface area is 482 Å². The summed E-state index contributed by atoms with van der Waals surface area (Å²) >= 11 is 5.33. The Balaban J connectivity index is 0.000000265. The number of nitrogens with one attached hydrogen (secondary N) is 3. The maximum Gasteiger partial charge on any atom is 1.00 e. The number of carbonyl (C=O) groups is 2. The van der Waals surface area contributed by atoms with Crippen LogP contribution in [0.5, 0.6) is 0 Å². The third-order valence-electron chi connectivity index (χ3n) is 13.4. The molecule has 3 saturated carbocycles. The van der Waals surface area contributed by atoms with Gasteiger partial charge in [0.15, 0.2) is 17.4 Å². The van der Waals surface area contributed by atoms with Gasteiger partial charge in [-0.05, 0) is 168 Å². The number of rotatable bonds is 10. The Kier molecular flexibility index (Phi) is 26.0. The number of nitrogens with two attached hydrogens (primary N) is 1. The Bertz CT molecular complexity index is 2550. The molecule has 0 atom stereocenters. The molecule has 0 amide bonds. The van der Waals surface area contributed by atoms with Crippen LogP contribution >= 0.6 is 34.0 Å². The zero-order chi connectivity index (χ0) is 52.7. The van der Waals surface area contributed by atoms with Gasteiger partial charge in [-0.25, -0.2) is 39.5 Å². The van der Waals surface area contributed by atoms with Gasteiger partial charge in [-0.1, -0.05) is 41.0 Å². The summed E-state index contributed by atoms with van der Waals surface area (Å²) in [5, 5.41) is 14.4. The average Bonchev–Trinajstić information content (AvgIpc) is 4.11. The number of carbonyl (C=O) groups excluding carboxylic acids is 2. The summed E-state index contributed by atoms with van der Waals surface area (Å²) in [4.78, 5) is 56.0. The smallest absolute Gasteiger partial charge is 1.00 e. The third kappa shape index (κ3) is 20.6. The van der Waals surface area contributed by atoms with Gasteiger partial charge in [0.05, 0.1) is 16.2 Å². The molecule has 6 heterocycles. The molecule has 5 N–H and O–H groups in total. The van der Waals surface area contributed by atoms with E-state index in [2.05, 4.69) is 103 Å². The molecule has 3 aliphatic carbocycles. The van der Waals surface area contributed by atoms with Crippen molar-refractivity contribution in [1.29, 1.82) is 0 Å². The number of aromatic nitrogens is 6. The van der Waals surface area contributed by atoms with Crippen LogP contribution in [0.3, 0.4) is 0 Å². The number of thiophene rings is 3. The maximum atomic E-state index is 11.0. The Morgan fingerprint density at radius 3 is 1.19 bits per heavy atom. The first-order valence-corrected chi connectivity index (χ1v) is 29.2. The van der Waals surface area contributed by atoms with E-state index in [0.717, 1.165) is 88.7 Å². The van der Waals surface area contributed by atoms with Crippen molar-refractivity contribution in [2.24, 2.45) is 17.6 Å². The number of anilines is 3. The second-order valence-corrected chi connectivity index (χ2v) is 25.0. The Morgan fingerprint density at radius 2 is 0.880 bits per heavy atom. The molecule has 75 heavy (non-hydrogen) atoms. The van der Waals surface area contributed by atoms with Crippen LogP contribution in [-0.2, 0) is 33.5 Å². The predicted octanol–water partition coefficient (Wildman–Crippen LogP) is 10.6. The second-order valence-electron chi connectivity index (χ2n) is 21.7. The first kappa shape index (κ1) is 63.9. The van der Waals surface area contributed by atoms with E-state index in [4.69, 9.17) is 15.2 Å². The average molecular weight is 1100 g/mol. The Morgan fingerprint density at radius 1 is 0.560 bits per heavy atom. The number of aryl methyl sites for hydroxylation is 3. The molecular formula is C55H86AlLiN10O5S3. The van der Waals surface area contributed by atoms with E-state index in [-0.39, 0.29) is 37.6 Å². The van der Waals surface area contributed by atoms with Crippen LogP contribution in [0.15, 0.2) is 37.2 Å². The minimum absolute atomic E-state index is 0. The SMILES string of the molecule is CC(C)(C)OC(=O)OC(=O)OC(C)(C)C.CCc1cc2c(NC3CCC(C)CC3)ncnc2s1.CCc1cc2c(NC3CCC(CC)CC3)ncnc2s1.CCc1cc2c(NC3CCC(N)CC3)ncnc2s1.[AlH3].[H-].[Li+]. The second kappa shape index (κ2) is 30.5. The quantitative estimate of drug-likeness (QED) is 0.0573. The minimum Gasteiger partial charge on any atom is -1.00 e. The van der Waals surface area contributed by atoms with Gasteiger partial charge in [0.2, 0.25) is 0 Å². The molecule has 0 spiro atoms. The van der Waals surface area contributed by atoms with Crippen molar-refractivity contribution in [2.45, 2.75) is 214 Å². The molecule has 0 bridgehead atoms. The number of nitrogens with zero attached hydrogens (tertiary/aromatic N) is 6. The molecule has 0 aliphatic heterocycles. The van der Waals surface area contributed by atoms with Gasteiger partial charge in [-0.15, -0.1) is 34.0 Å². The molecule has 15 nitrogen and oxygen atoms in total. The fourth-order valence-corrected chi connectivity index (χ4v) is 12.0. The van der Waals surface area contributed by atoms with E-state index >= 15 is 0 Å². The van der Waals surface area contributed by atoms with Crippen molar-refractivity contribution in [3.05, 3.63) is 51.8 Å². The van der Waals surface area contributed by atoms with Crippen molar-refractivity contribution < 1.29 is 44.1 Å². The van der Waals surface area contributed by atoms with Crippen molar-refractivity contribution in [3.8, 4) is 0 Å². The van der Waals surface area contributed by atoms with Crippen LogP contribution in [0.2, 0.25) is 0 Å². The van der Waals surface area contributed by atoms with Crippen LogP contribution in [0, 0.1) is 11.8 Å². The largest absolute Gasteiger partial charge is 1.00 e. The molecule has 3 aliphatic rings. The number of ether oxygens (including phenoxy) is 3. The summed E-state index contributed by atoms with van der Waals surface area (Å²) in [6, 6.07) is 8.77. The minimum atomic E-state index is -1.06. The van der Waals surface area contributed by atoms with Crippen LogP contribution in [0.25, 0.3) is 30.6 Å². The maximum absolute atomic E-state index is 11.0. The third-order valence-corrected chi connectivity index (χ3v) is 16.9. The van der Waals surface area contributed by atoms with Crippen LogP contribution in [-0.4, -0.2) is 94.9 Å². The Hall–Kier alpha value is -3.65. The molecule has 0 radical (unpaired) electrons. The van der Waals surface area contributed by atoms with Gasteiger partial charge in [0.25, 0.3) is 0 Å². The van der Waals surface area contributed by atoms with Gasteiger partial charge >= 0.3 is 31.2 Å². The molecule has 6 aromatic heterocycles. The molecular weight excluding hydrogens is 1010 g/mol. The van der Waals surface area contributed by atoms with Crippen molar-refractivity contribution >= 4 is 112 Å². The molecule has 6 aromatic rings. The summed E-state index contributed by atoms with van der Waals surface area (Å²) < 4.78 is 13.8. The molecule has 3 fully saturated rings. The predicted molar refractivity (Wildman–Crippen MR) is 314 cm³/mol.